The highest BCUT2D eigenvalue weighted by molar-refractivity contribution is 5.61. The van der Waals surface area contributed by atoms with Crippen molar-refractivity contribution in [3.8, 4) is 0 Å². The minimum absolute atomic E-state index is 0.303. The molecule has 2 rings (SSSR count). The largest absolute Gasteiger partial charge is 0.377 e. The van der Waals surface area contributed by atoms with Crippen LogP contribution in [-0.2, 0) is 4.74 Å². The Labute approximate surface area is 110 Å². The van der Waals surface area contributed by atoms with E-state index >= 15 is 0 Å². The molecule has 1 aromatic carbocycles. The van der Waals surface area contributed by atoms with Gasteiger partial charge in [-0.3, -0.25) is 0 Å². The predicted octanol–water partition coefficient (Wildman–Crippen LogP) is 2.28. The molecule has 1 atom stereocenters. The Morgan fingerprint density at radius 2 is 2.22 bits per heavy atom. The standard InChI is InChI=1S/C15H24N2O/c1-11(2)14-6-4-5-12(3)15(14)17-7-8-18-10-13(17)9-16/h4-6,11,13H,7-10,16H2,1-3H3. The maximum atomic E-state index is 5.89. The third-order valence-electron chi connectivity index (χ3n) is 3.68. The summed E-state index contributed by atoms with van der Waals surface area (Å²) in [5.74, 6) is 0.529. The van der Waals surface area contributed by atoms with Gasteiger partial charge >= 0.3 is 0 Å². The smallest absolute Gasteiger partial charge is 0.0683 e. The van der Waals surface area contributed by atoms with Gasteiger partial charge in [-0.1, -0.05) is 32.0 Å². The Morgan fingerprint density at radius 3 is 2.89 bits per heavy atom. The molecule has 0 aromatic heterocycles. The Balaban J connectivity index is 2.41. The van der Waals surface area contributed by atoms with Crippen LogP contribution in [0.3, 0.4) is 0 Å². The molecule has 1 fully saturated rings. The Hall–Kier alpha value is -1.06. The first-order chi connectivity index (χ1) is 8.65. The quantitative estimate of drug-likeness (QED) is 0.892. The fourth-order valence-electron chi connectivity index (χ4n) is 2.68. The number of morpholine rings is 1. The van der Waals surface area contributed by atoms with Gasteiger partial charge in [0, 0.05) is 18.8 Å². The molecule has 100 valence electrons. The van der Waals surface area contributed by atoms with Gasteiger partial charge in [0.25, 0.3) is 0 Å². The number of benzene rings is 1. The van der Waals surface area contributed by atoms with Crippen LogP contribution in [0.15, 0.2) is 18.2 Å². The van der Waals surface area contributed by atoms with Crippen LogP contribution in [-0.4, -0.2) is 32.3 Å². The van der Waals surface area contributed by atoms with E-state index < -0.39 is 0 Å². The SMILES string of the molecule is Cc1cccc(C(C)C)c1N1CCOCC1CN. The number of anilines is 1. The molecule has 3 heteroatoms. The number of aryl methyl sites for hydroxylation is 1. The van der Waals surface area contributed by atoms with Crippen molar-refractivity contribution in [1.29, 1.82) is 0 Å². The van der Waals surface area contributed by atoms with Crippen LogP contribution in [0.1, 0.15) is 30.9 Å². The topological polar surface area (TPSA) is 38.5 Å². The highest BCUT2D eigenvalue weighted by Crippen LogP contribution is 2.32. The van der Waals surface area contributed by atoms with Gasteiger partial charge in [-0.25, -0.2) is 0 Å². The molecule has 0 bridgehead atoms. The molecule has 1 unspecified atom stereocenters. The van der Waals surface area contributed by atoms with Crippen molar-refractivity contribution >= 4 is 5.69 Å². The molecule has 18 heavy (non-hydrogen) atoms. The van der Waals surface area contributed by atoms with Gasteiger partial charge < -0.3 is 15.4 Å². The second-order valence-electron chi connectivity index (χ2n) is 5.33. The minimum atomic E-state index is 0.303. The summed E-state index contributed by atoms with van der Waals surface area (Å²) in [6.07, 6.45) is 0. The van der Waals surface area contributed by atoms with E-state index in [0.717, 1.165) is 19.8 Å². The summed E-state index contributed by atoms with van der Waals surface area (Å²) in [5.41, 5.74) is 10.00. The lowest BCUT2D eigenvalue weighted by molar-refractivity contribution is 0.0961. The zero-order chi connectivity index (χ0) is 13.1. The summed E-state index contributed by atoms with van der Waals surface area (Å²) in [6, 6.07) is 6.86. The molecule has 0 amide bonds. The van der Waals surface area contributed by atoms with E-state index in [1.54, 1.807) is 0 Å². The summed E-state index contributed by atoms with van der Waals surface area (Å²) < 4.78 is 5.54. The third-order valence-corrected chi connectivity index (χ3v) is 3.68. The van der Waals surface area contributed by atoms with E-state index in [0.29, 0.717) is 18.5 Å². The summed E-state index contributed by atoms with van der Waals surface area (Å²) >= 11 is 0. The highest BCUT2D eigenvalue weighted by Gasteiger charge is 2.25. The summed E-state index contributed by atoms with van der Waals surface area (Å²) in [5, 5.41) is 0. The maximum Gasteiger partial charge on any atom is 0.0683 e. The Bertz CT molecular complexity index is 403. The molecule has 3 nitrogen and oxygen atoms in total. The van der Waals surface area contributed by atoms with Crippen molar-refractivity contribution in [3.63, 3.8) is 0 Å². The second-order valence-corrected chi connectivity index (χ2v) is 5.33. The van der Waals surface area contributed by atoms with E-state index in [9.17, 15) is 0 Å². The molecule has 1 aromatic rings. The lowest BCUT2D eigenvalue weighted by Gasteiger charge is -2.39. The summed E-state index contributed by atoms with van der Waals surface area (Å²) in [6.45, 7) is 9.79. The van der Waals surface area contributed by atoms with Crippen LogP contribution < -0.4 is 10.6 Å². The molecular formula is C15H24N2O. The van der Waals surface area contributed by atoms with Crippen molar-refractivity contribution in [2.24, 2.45) is 5.73 Å². The van der Waals surface area contributed by atoms with Crippen molar-refractivity contribution in [1.82, 2.24) is 0 Å². The van der Waals surface area contributed by atoms with Crippen LogP contribution in [0.2, 0.25) is 0 Å². The van der Waals surface area contributed by atoms with E-state index in [2.05, 4.69) is 43.9 Å². The van der Waals surface area contributed by atoms with Crippen LogP contribution >= 0.6 is 0 Å². The molecule has 0 radical (unpaired) electrons. The lowest BCUT2D eigenvalue weighted by atomic mass is 9.96. The molecule has 1 aliphatic rings. The molecule has 1 heterocycles. The Morgan fingerprint density at radius 1 is 1.44 bits per heavy atom. The predicted molar refractivity (Wildman–Crippen MR) is 76.3 cm³/mol. The number of nitrogens with two attached hydrogens (primary N) is 1. The fourth-order valence-corrected chi connectivity index (χ4v) is 2.68. The average Bonchev–Trinajstić information content (AvgIpc) is 2.38. The average molecular weight is 248 g/mol. The van der Waals surface area contributed by atoms with Gasteiger partial charge in [0.15, 0.2) is 0 Å². The molecule has 0 saturated carbocycles. The van der Waals surface area contributed by atoms with Crippen molar-refractivity contribution in [2.45, 2.75) is 32.7 Å². The van der Waals surface area contributed by atoms with Gasteiger partial charge in [0.1, 0.15) is 0 Å². The number of hydrogen-bond donors (Lipinski definition) is 1. The second kappa shape index (κ2) is 5.72. The van der Waals surface area contributed by atoms with E-state index in [1.807, 2.05) is 0 Å². The van der Waals surface area contributed by atoms with Crippen LogP contribution in [0.4, 0.5) is 5.69 Å². The van der Waals surface area contributed by atoms with Crippen LogP contribution in [0.25, 0.3) is 0 Å². The van der Waals surface area contributed by atoms with Gasteiger partial charge in [0.05, 0.1) is 19.3 Å². The number of para-hydroxylation sites is 1. The number of rotatable bonds is 3. The lowest BCUT2D eigenvalue weighted by Crippen LogP contribution is -2.50. The fraction of sp³-hybridized carbons (Fsp3) is 0.600. The molecule has 2 N–H and O–H groups in total. The molecule has 0 aliphatic carbocycles. The van der Waals surface area contributed by atoms with Gasteiger partial charge in [-0.2, -0.15) is 0 Å². The van der Waals surface area contributed by atoms with Crippen molar-refractivity contribution in [2.75, 3.05) is 31.2 Å². The minimum Gasteiger partial charge on any atom is -0.377 e. The maximum absolute atomic E-state index is 5.89. The highest BCUT2D eigenvalue weighted by atomic mass is 16.5. The van der Waals surface area contributed by atoms with Crippen LogP contribution in [0.5, 0.6) is 0 Å². The summed E-state index contributed by atoms with van der Waals surface area (Å²) in [4.78, 5) is 2.44. The zero-order valence-corrected chi connectivity index (χ0v) is 11.6. The number of ether oxygens (including phenoxy) is 1. The normalized spacial score (nSPS) is 20.5. The first-order valence-corrected chi connectivity index (χ1v) is 6.79. The monoisotopic (exact) mass is 248 g/mol. The van der Waals surface area contributed by atoms with Crippen molar-refractivity contribution < 1.29 is 4.74 Å². The molecule has 1 saturated heterocycles. The molecule has 1 aliphatic heterocycles. The summed E-state index contributed by atoms with van der Waals surface area (Å²) in [7, 11) is 0. The zero-order valence-electron chi connectivity index (χ0n) is 11.6. The first-order valence-electron chi connectivity index (χ1n) is 6.79. The molecule has 0 spiro atoms. The number of hydrogen-bond acceptors (Lipinski definition) is 3. The van der Waals surface area contributed by atoms with Crippen LogP contribution in [0, 0.1) is 6.92 Å². The van der Waals surface area contributed by atoms with E-state index in [1.165, 1.54) is 16.8 Å². The third kappa shape index (κ3) is 2.52. The van der Waals surface area contributed by atoms with E-state index in [-0.39, 0.29) is 0 Å². The first kappa shape index (κ1) is 13.4. The Kier molecular flexibility index (Phi) is 4.25. The van der Waals surface area contributed by atoms with Crippen molar-refractivity contribution in [3.05, 3.63) is 29.3 Å². The number of nitrogens with zero attached hydrogens (tertiary/aromatic N) is 1. The van der Waals surface area contributed by atoms with E-state index in [4.69, 9.17) is 10.5 Å². The van der Waals surface area contributed by atoms with Gasteiger partial charge in [-0.05, 0) is 24.0 Å². The van der Waals surface area contributed by atoms with Gasteiger partial charge in [-0.15, -0.1) is 0 Å². The molecular weight excluding hydrogens is 224 g/mol. The van der Waals surface area contributed by atoms with Gasteiger partial charge in [0.2, 0.25) is 0 Å².